The molecule has 0 radical (unpaired) electrons. The third-order valence-corrected chi connectivity index (χ3v) is 3.83. The third-order valence-electron chi connectivity index (χ3n) is 3.83. The average Bonchev–Trinajstić information content (AvgIpc) is 2.38. The van der Waals surface area contributed by atoms with Crippen LogP contribution in [-0.2, 0) is 0 Å². The lowest BCUT2D eigenvalue weighted by Crippen LogP contribution is -2.48. The molecule has 1 aromatic carbocycles. The number of nitrogens with two attached hydrogens (primary N) is 1. The highest BCUT2D eigenvalue weighted by molar-refractivity contribution is 5.30. The maximum Gasteiger partial charge on any atom is 0.118 e. The molecule has 2 rings (SSSR count). The summed E-state index contributed by atoms with van der Waals surface area (Å²) in [5, 5.41) is 0. The lowest BCUT2D eigenvalue weighted by Gasteiger charge is -2.39. The number of hydrogen-bond acceptors (Lipinski definition) is 3. The van der Waals surface area contributed by atoms with Crippen molar-refractivity contribution in [3.8, 4) is 5.75 Å². The summed E-state index contributed by atoms with van der Waals surface area (Å²) in [6.45, 7) is 6.61. The lowest BCUT2D eigenvalue weighted by atomic mass is 9.88. The summed E-state index contributed by atoms with van der Waals surface area (Å²) in [7, 11) is 1.70. The van der Waals surface area contributed by atoms with Crippen molar-refractivity contribution in [3.05, 3.63) is 29.8 Å². The Kier molecular flexibility index (Phi) is 4.25. The van der Waals surface area contributed by atoms with Crippen LogP contribution in [0.15, 0.2) is 24.3 Å². The van der Waals surface area contributed by atoms with Crippen LogP contribution in [0.25, 0.3) is 0 Å². The predicted molar refractivity (Wildman–Crippen MR) is 75.0 cm³/mol. The Morgan fingerprint density at radius 3 is 2.44 bits per heavy atom. The molecule has 100 valence electrons. The van der Waals surface area contributed by atoms with Gasteiger partial charge in [-0.1, -0.05) is 12.1 Å². The molecule has 0 aromatic heterocycles. The summed E-state index contributed by atoms with van der Waals surface area (Å²) >= 11 is 0. The van der Waals surface area contributed by atoms with Gasteiger partial charge in [-0.25, -0.2) is 0 Å². The Balaban J connectivity index is 2.10. The van der Waals surface area contributed by atoms with Gasteiger partial charge in [-0.3, -0.25) is 4.90 Å². The summed E-state index contributed by atoms with van der Waals surface area (Å²) in [4.78, 5) is 2.48. The van der Waals surface area contributed by atoms with E-state index in [1.165, 1.54) is 5.56 Å². The van der Waals surface area contributed by atoms with Crippen molar-refractivity contribution in [3.63, 3.8) is 0 Å². The number of rotatable bonds is 3. The Hall–Kier alpha value is -1.06. The molecule has 0 spiro atoms. The van der Waals surface area contributed by atoms with Gasteiger partial charge < -0.3 is 10.5 Å². The molecular formula is C15H24N2O. The summed E-state index contributed by atoms with van der Waals surface area (Å²) in [6, 6.07) is 9.26. The first-order chi connectivity index (χ1) is 8.60. The quantitative estimate of drug-likeness (QED) is 0.891. The molecule has 1 fully saturated rings. The van der Waals surface area contributed by atoms with E-state index in [9.17, 15) is 0 Å². The van der Waals surface area contributed by atoms with Crippen molar-refractivity contribution in [1.82, 2.24) is 4.90 Å². The Morgan fingerprint density at radius 1 is 1.22 bits per heavy atom. The second kappa shape index (κ2) is 5.72. The van der Waals surface area contributed by atoms with Gasteiger partial charge in [0.05, 0.1) is 7.11 Å². The molecule has 1 saturated heterocycles. The summed E-state index contributed by atoms with van der Waals surface area (Å²) in [6.07, 6.45) is 1.08. The highest BCUT2D eigenvalue weighted by Crippen LogP contribution is 2.28. The minimum absolute atomic E-state index is 0.285. The molecule has 2 unspecified atom stereocenters. The first-order valence-corrected chi connectivity index (χ1v) is 6.73. The normalized spacial score (nSPS) is 25.4. The van der Waals surface area contributed by atoms with Gasteiger partial charge in [0, 0.05) is 25.2 Å². The molecule has 0 amide bonds. The van der Waals surface area contributed by atoms with Crippen molar-refractivity contribution in [2.24, 2.45) is 5.73 Å². The van der Waals surface area contributed by atoms with Gasteiger partial charge >= 0.3 is 0 Å². The summed E-state index contributed by atoms with van der Waals surface area (Å²) in [5.41, 5.74) is 7.55. The fourth-order valence-electron chi connectivity index (χ4n) is 2.71. The molecule has 1 heterocycles. The first-order valence-electron chi connectivity index (χ1n) is 6.73. The second-order valence-corrected chi connectivity index (χ2v) is 5.51. The van der Waals surface area contributed by atoms with Gasteiger partial charge in [0.2, 0.25) is 0 Å². The number of ether oxygens (including phenoxy) is 1. The molecule has 3 heteroatoms. The zero-order valence-corrected chi connectivity index (χ0v) is 11.6. The minimum atomic E-state index is 0.285. The number of piperidine rings is 1. The zero-order valence-electron chi connectivity index (χ0n) is 11.6. The topological polar surface area (TPSA) is 38.5 Å². The Labute approximate surface area is 110 Å². The van der Waals surface area contributed by atoms with Crippen LogP contribution < -0.4 is 10.5 Å². The number of nitrogens with zero attached hydrogens (tertiary/aromatic N) is 1. The molecule has 0 aliphatic carbocycles. The molecule has 1 aliphatic rings. The van der Waals surface area contributed by atoms with E-state index in [4.69, 9.17) is 10.5 Å². The van der Waals surface area contributed by atoms with E-state index in [-0.39, 0.29) is 6.04 Å². The van der Waals surface area contributed by atoms with Crippen molar-refractivity contribution >= 4 is 0 Å². The standard InChI is InChI=1S/C15H24N2O/c1-11(2)17-9-13(8-14(16)10-17)12-4-6-15(18-3)7-5-12/h4-7,11,13-14H,8-10,16H2,1-3H3. The molecule has 2 N–H and O–H groups in total. The van der Waals surface area contributed by atoms with E-state index in [1.807, 2.05) is 12.1 Å². The molecular weight excluding hydrogens is 224 g/mol. The number of hydrogen-bond donors (Lipinski definition) is 1. The molecule has 0 bridgehead atoms. The fraction of sp³-hybridized carbons (Fsp3) is 0.600. The molecule has 2 atom stereocenters. The summed E-state index contributed by atoms with van der Waals surface area (Å²) in [5.74, 6) is 1.46. The van der Waals surface area contributed by atoms with Crippen LogP contribution in [0.5, 0.6) is 5.75 Å². The van der Waals surface area contributed by atoms with Crippen LogP contribution in [0.4, 0.5) is 0 Å². The predicted octanol–water partition coefficient (Wildman–Crippen LogP) is 2.22. The molecule has 1 aromatic rings. The Bertz CT molecular complexity index is 375. The lowest BCUT2D eigenvalue weighted by molar-refractivity contribution is 0.152. The maximum absolute atomic E-state index is 6.18. The van der Waals surface area contributed by atoms with E-state index < -0.39 is 0 Å². The van der Waals surface area contributed by atoms with Gasteiger partial charge in [0.1, 0.15) is 5.75 Å². The average molecular weight is 248 g/mol. The van der Waals surface area contributed by atoms with Crippen molar-refractivity contribution in [2.75, 3.05) is 20.2 Å². The maximum atomic E-state index is 6.18. The van der Waals surface area contributed by atoms with Crippen LogP contribution >= 0.6 is 0 Å². The molecule has 18 heavy (non-hydrogen) atoms. The largest absolute Gasteiger partial charge is 0.497 e. The third kappa shape index (κ3) is 3.03. The van der Waals surface area contributed by atoms with E-state index in [2.05, 4.69) is 30.9 Å². The molecule has 0 saturated carbocycles. The first kappa shape index (κ1) is 13.4. The van der Waals surface area contributed by atoms with Gasteiger partial charge in [-0.15, -0.1) is 0 Å². The SMILES string of the molecule is COc1ccc(C2CC(N)CN(C(C)C)C2)cc1. The van der Waals surface area contributed by atoms with Crippen molar-refractivity contribution in [2.45, 2.75) is 38.3 Å². The van der Waals surface area contributed by atoms with Crippen LogP contribution in [0.1, 0.15) is 31.7 Å². The van der Waals surface area contributed by atoms with Crippen molar-refractivity contribution in [1.29, 1.82) is 0 Å². The van der Waals surface area contributed by atoms with E-state index in [0.29, 0.717) is 12.0 Å². The highest BCUT2D eigenvalue weighted by Gasteiger charge is 2.27. The Morgan fingerprint density at radius 2 is 1.89 bits per heavy atom. The fourth-order valence-corrected chi connectivity index (χ4v) is 2.71. The van der Waals surface area contributed by atoms with Gasteiger partial charge in [-0.2, -0.15) is 0 Å². The van der Waals surface area contributed by atoms with E-state index in [0.717, 1.165) is 25.3 Å². The van der Waals surface area contributed by atoms with E-state index >= 15 is 0 Å². The minimum Gasteiger partial charge on any atom is -0.497 e. The number of methoxy groups -OCH3 is 1. The van der Waals surface area contributed by atoms with Crippen LogP contribution in [0, 0.1) is 0 Å². The van der Waals surface area contributed by atoms with Gasteiger partial charge in [0.25, 0.3) is 0 Å². The van der Waals surface area contributed by atoms with Crippen molar-refractivity contribution < 1.29 is 4.74 Å². The second-order valence-electron chi connectivity index (χ2n) is 5.51. The monoisotopic (exact) mass is 248 g/mol. The molecule has 1 aliphatic heterocycles. The number of benzene rings is 1. The van der Waals surface area contributed by atoms with Crippen LogP contribution in [0.2, 0.25) is 0 Å². The summed E-state index contributed by atoms with van der Waals surface area (Å²) < 4.78 is 5.20. The van der Waals surface area contributed by atoms with Crippen LogP contribution in [-0.4, -0.2) is 37.2 Å². The zero-order chi connectivity index (χ0) is 13.1. The van der Waals surface area contributed by atoms with Crippen LogP contribution in [0.3, 0.4) is 0 Å². The number of likely N-dealkylation sites (tertiary alicyclic amines) is 1. The van der Waals surface area contributed by atoms with Gasteiger partial charge in [0.15, 0.2) is 0 Å². The molecule has 3 nitrogen and oxygen atoms in total. The smallest absolute Gasteiger partial charge is 0.118 e. The van der Waals surface area contributed by atoms with Gasteiger partial charge in [-0.05, 0) is 43.9 Å². The van der Waals surface area contributed by atoms with E-state index in [1.54, 1.807) is 7.11 Å². The highest BCUT2D eigenvalue weighted by atomic mass is 16.5.